The van der Waals surface area contributed by atoms with Crippen LogP contribution in [0.3, 0.4) is 0 Å². The predicted octanol–water partition coefficient (Wildman–Crippen LogP) is 3.42. The molecular weight excluding hydrogens is 560 g/mol. The zero-order chi connectivity index (χ0) is 29.5. The first-order chi connectivity index (χ1) is 20.2. The maximum Gasteiger partial charge on any atom is 0.261 e. The van der Waals surface area contributed by atoms with Crippen molar-refractivity contribution in [3.05, 3.63) is 74.7 Å². The van der Waals surface area contributed by atoms with Gasteiger partial charge in [-0.15, -0.1) is 0 Å². The minimum atomic E-state index is -0.878. The number of nitrogens with one attached hydrogen (secondary N) is 3. The zero-order valence-electron chi connectivity index (χ0n) is 23.2. The average molecular weight is 591 g/mol. The van der Waals surface area contributed by atoms with Gasteiger partial charge < -0.3 is 30.0 Å². The van der Waals surface area contributed by atoms with E-state index in [4.69, 9.17) is 16.3 Å². The smallest absolute Gasteiger partial charge is 0.261 e. The van der Waals surface area contributed by atoms with Crippen LogP contribution in [0.25, 0.3) is 22.4 Å². The van der Waals surface area contributed by atoms with Gasteiger partial charge in [0.2, 0.25) is 0 Å². The van der Waals surface area contributed by atoms with Crippen LogP contribution in [0.5, 0.6) is 5.75 Å². The standard InChI is InChI=1S/C30H31ClN6O5/c1-16-11-19(3-4-22(16)31)42-15-18(38)14-33-23-5-8-32-28(39)26(23)27-34-24-12-20-21(13-25(24)35-27)30(41)37(29(20)40)17-6-9-36(2)10-7-17/h3-5,8,11-13,17-18,38H,6-7,9-10,14-15H2,1-2H3,(H,34,35)(H2,32,33,39). The monoisotopic (exact) mass is 590 g/mol. The highest BCUT2D eigenvalue weighted by Crippen LogP contribution is 2.32. The average Bonchev–Trinajstić information content (AvgIpc) is 3.49. The van der Waals surface area contributed by atoms with E-state index < -0.39 is 11.7 Å². The number of aliphatic hydroxyl groups excluding tert-OH is 1. The highest BCUT2D eigenvalue weighted by atomic mass is 35.5. The van der Waals surface area contributed by atoms with Crippen molar-refractivity contribution in [1.29, 1.82) is 0 Å². The third kappa shape index (κ3) is 5.26. The van der Waals surface area contributed by atoms with E-state index in [0.717, 1.165) is 31.5 Å². The molecule has 4 N–H and O–H groups in total. The van der Waals surface area contributed by atoms with Crippen molar-refractivity contribution in [2.45, 2.75) is 31.9 Å². The van der Waals surface area contributed by atoms with Gasteiger partial charge in [0.05, 0.1) is 27.8 Å². The van der Waals surface area contributed by atoms with Gasteiger partial charge in [0.25, 0.3) is 17.4 Å². The van der Waals surface area contributed by atoms with Gasteiger partial charge in [0.15, 0.2) is 0 Å². The Kier molecular flexibility index (Phi) is 7.48. The first-order valence-electron chi connectivity index (χ1n) is 13.8. The second kappa shape index (κ2) is 11.2. The van der Waals surface area contributed by atoms with Gasteiger partial charge in [0.1, 0.15) is 29.8 Å². The highest BCUT2D eigenvalue weighted by Gasteiger charge is 2.41. The summed E-state index contributed by atoms with van der Waals surface area (Å²) in [5.74, 6) is 0.259. The van der Waals surface area contributed by atoms with Crippen LogP contribution in [0, 0.1) is 6.92 Å². The molecule has 1 atom stereocenters. The Morgan fingerprint density at radius 2 is 1.86 bits per heavy atom. The Bertz CT molecular complexity index is 1690. The number of piperidine rings is 1. The molecule has 0 bridgehead atoms. The van der Waals surface area contributed by atoms with Gasteiger partial charge in [-0.1, -0.05) is 11.6 Å². The van der Waals surface area contributed by atoms with Crippen molar-refractivity contribution >= 4 is 40.1 Å². The van der Waals surface area contributed by atoms with Crippen molar-refractivity contribution in [2.24, 2.45) is 0 Å². The first-order valence-corrected chi connectivity index (χ1v) is 14.2. The Labute approximate surface area is 246 Å². The molecule has 0 saturated carbocycles. The summed E-state index contributed by atoms with van der Waals surface area (Å²) in [6.45, 7) is 3.66. The number of nitrogens with zero attached hydrogens (tertiary/aromatic N) is 3. The fraction of sp³-hybridized carbons (Fsp3) is 0.333. The number of carbonyl (C=O) groups excluding carboxylic acids is 2. The van der Waals surface area contributed by atoms with Crippen molar-refractivity contribution in [3.8, 4) is 17.1 Å². The van der Waals surface area contributed by atoms with E-state index >= 15 is 0 Å². The van der Waals surface area contributed by atoms with Crippen LogP contribution < -0.4 is 15.6 Å². The molecule has 4 heterocycles. The number of amides is 2. The molecule has 1 saturated heterocycles. The summed E-state index contributed by atoms with van der Waals surface area (Å²) >= 11 is 6.06. The second-order valence-corrected chi connectivity index (χ2v) is 11.3. The van der Waals surface area contributed by atoms with E-state index in [1.165, 1.54) is 11.1 Å². The molecule has 1 unspecified atom stereocenters. The van der Waals surface area contributed by atoms with E-state index in [1.54, 1.807) is 36.4 Å². The van der Waals surface area contributed by atoms with Gasteiger partial charge in [-0.2, -0.15) is 0 Å². The van der Waals surface area contributed by atoms with Gasteiger partial charge in [-0.05, 0) is 81.9 Å². The maximum atomic E-state index is 13.3. The Balaban J connectivity index is 1.20. The summed E-state index contributed by atoms with van der Waals surface area (Å²) in [5, 5.41) is 14.3. The topological polar surface area (TPSA) is 144 Å². The van der Waals surface area contributed by atoms with Crippen LogP contribution in [0.15, 0.2) is 47.4 Å². The number of hydrogen-bond donors (Lipinski definition) is 4. The highest BCUT2D eigenvalue weighted by molar-refractivity contribution is 6.31. The summed E-state index contributed by atoms with van der Waals surface area (Å²) in [5.41, 5.74) is 2.83. The lowest BCUT2D eigenvalue weighted by Crippen LogP contribution is -2.46. The molecule has 218 valence electrons. The van der Waals surface area contributed by atoms with E-state index in [2.05, 4.69) is 25.2 Å². The van der Waals surface area contributed by atoms with Crippen LogP contribution in [0.1, 0.15) is 39.1 Å². The lowest BCUT2D eigenvalue weighted by molar-refractivity contribution is 0.0516. The third-order valence-electron chi connectivity index (χ3n) is 7.87. The number of H-pyrrole nitrogens is 2. The molecule has 2 aliphatic rings. The minimum Gasteiger partial charge on any atom is -0.491 e. The van der Waals surface area contributed by atoms with Crippen LogP contribution in [0.2, 0.25) is 5.02 Å². The van der Waals surface area contributed by atoms with Crippen molar-refractivity contribution in [1.82, 2.24) is 24.8 Å². The van der Waals surface area contributed by atoms with E-state index in [1.807, 2.05) is 14.0 Å². The van der Waals surface area contributed by atoms with Gasteiger partial charge >= 0.3 is 0 Å². The molecule has 2 amide bonds. The number of imidazole rings is 1. The Morgan fingerprint density at radius 3 is 2.60 bits per heavy atom. The van der Waals surface area contributed by atoms with Crippen LogP contribution >= 0.6 is 11.6 Å². The molecule has 0 aliphatic carbocycles. The minimum absolute atomic E-state index is 0.0272. The molecule has 12 heteroatoms. The van der Waals surface area contributed by atoms with Gasteiger partial charge in [0, 0.05) is 23.8 Å². The molecule has 0 spiro atoms. The number of hydrogen-bond acceptors (Lipinski definition) is 8. The molecule has 42 heavy (non-hydrogen) atoms. The number of aliphatic hydroxyl groups is 1. The summed E-state index contributed by atoms with van der Waals surface area (Å²) in [6.07, 6.45) is 2.11. The normalized spacial score (nSPS) is 16.7. The molecule has 0 radical (unpaired) electrons. The maximum absolute atomic E-state index is 13.3. The number of ether oxygens (including phenoxy) is 1. The molecule has 4 aromatic rings. The van der Waals surface area contributed by atoms with Crippen LogP contribution in [-0.4, -0.2) is 87.1 Å². The number of imide groups is 1. The number of aromatic nitrogens is 3. The molecular formula is C30H31ClN6O5. The van der Waals surface area contributed by atoms with Crippen LogP contribution in [-0.2, 0) is 0 Å². The SMILES string of the molecule is Cc1cc(OCC(O)CNc2cc[nH]c(=O)c2-c2nc3cc4c(cc3[nH]2)C(=O)N(C2CCN(C)CC2)C4=O)ccc1Cl. The Hall–Kier alpha value is -4.19. The number of rotatable bonds is 8. The second-order valence-electron chi connectivity index (χ2n) is 10.9. The van der Waals surface area contributed by atoms with Gasteiger partial charge in [-0.3, -0.25) is 19.3 Å². The molecule has 2 aromatic heterocycles. The summed E-state index contributed by atoms with van der Waals surface area (Å²) < 4.78 is 5.68. The quantitative estimate of drug-likeness (QED) is 0.229. The van der Waals surface area contributed by atoms with Crippen molar-refractivity contribution in [2.75, 3.05) is 38.6 Å². The number of carbonyl (C=O) groups is 2. The van der Waals surface area contributed by atoms with Crippen LogP contribution in [0.4, 0.5) is 5.69 Å². The largest absolute Gasteiger partial charge is 0.491 e. The fourth-order valence-corrected chi connectivity index (χ4v) is 5.63. The lowest BCUT2D eigenvalue weighted by Gasteiger charge is -2.33. The molecule has 2 aromatic carbocycles. The number of likely N-dealkylation sites (tertiary alicyclic amines) is 1. The van der Waals surface area contributed by atoms with Crippen molar-refractivity contribution < 1.29 is 19.4 Å². The number of pyridine rings is 1. The third-order valence-corrected chi connectivity index (χ3v) is 8.29. The first kappa shape index (κ1) is 28.0. The van der Waals surface area contributed by atoms with Crippen molar-refractivity contribution in [3.63, 3.8) is 0 Å². The number of aryl methyl sites for hydroxylation is 1. The number of aromatic amines is 2. The lowest BCUT2D eigenvalue weighted by atomic mass is 10.0. The number of fused-ring (bicyclic) bond motifs is 2. The summed E-state index contributed by atoms with van der Waals surface area (Å²) in [6, 6.07) is 10.1. The molecule has 11 nitrogen and oxygen atoms in total. The molecule has 1 fully saturated rings. The Morgan fingerprint density at radius 1 is 1.12 bits per heavy atom. The predicted molar refractivity (Wildman–Crippen MR) is 159 cm³/mol. The molecule has 6 rings (SSSR count). The number of benzene rings is 2. The zero-order valence-corrected chi connectivity index (χ0v) is 24.0. The van der Waals surface area contributed by atoms with Gasteiger partial charge in [-0.25, -0.2) is 4.98 Å². The van der Waals surface area contributed by atoms with E-state index in [-0.39, 0.29) is 42.4 Å². The van der Waals surface area contributed by atoms with E-state index in [9.17, 15) is 19.5 Å². The number of anilines is 1. The van der Waals surface area contributed by atoms with E-state index in [0.29, 0.717) is 38.6 Å². The fourth-order valence-electron chi connectivity index (χ4n) is 5.51. The summed E-state index contributed by atoms with van der Waals surface area (Å²) in [4.78, 5) is 53.5. The molecule has 2 aliphatic heterocycles. The number of halogens is 1. The summed E-state index contributed by atoms with van der Waals surface area (Å²) in [7, 11) is 2.03.